The van der Waals surface area contributed by atoms with Gasteiger partial charge in [0.2, 0.25) is 0 Å². The van der Waals surface area contributed by atoms with E-state index in [0.717, 1.165) is 29.8 Å². The molecular weight excluding hydrogens is 556 g/mol. The SMILES string of the molecule is Cc1ccc(NC(=O)NC(Cc2ccccc2)(c2cccc(C(F)(F)F)c2)c2ccc(C(F)(F)F)cn2)cc1Cl. The molecule has 2 N–H and O–H groups in total. The van der Waals surface area contributed by atoms with Gasteiger partial charge in [-0.05, 0) is 60.0 Å². The molecule has 40 heavy (non-hydrogen) atoms. The van der Waals surface area contributed by atoms with E-state index in [4.69, 9.17) is 11.6 Å². The summed E-state index contributed by atoms with van der Waals surface area (Å²) in [5.41, 5.74) is -2.35. The van der Waals surface area contributed by atoms with E-state index < -0.39 is 35.0 Å². The van der Waals surface area contributed by atoms with Crippen molar-refractivity contribution in [3.05, 3.63) is 130 Å². The number of amides is 2. The Balaban J connectivity index is 1.89. The number of carbonyl (C=O) groups excluding carboxylic acids is 1. The molecular formula is C29H22ClF6N3O. The Kier molecular flexibility index (Phi) is 8.11. The first-order chi connectivity index (χ1) is 18.8. The maximum Gasteiger partial charge on any atom is 0.417 e. The fraction of sp³-hybridized carbons (Fsp3) is 0.172. The lowest BCUT2D eigenvalue weighted by Crippen LogP contribution is -2.50. The van der Waals surface area contributed by atoms with E-state index in [1.807, 2.05) is 0 Å². The number of urea groups is 1. The van der Waals surface area contributed by atoms with Crippen LogP contribution in [0.25, 0.3) is 0 Å². The number of hydrogen-bond donors (Lipinski definition) is 2. The number of anilines is 1. The quantitative estimate of drug-likeness (QED) is 0.226. The third kappa shape index (κ3) is 6.56. The third-order valence-corrected chi connectivity index (χ3v) is 6.69. The van der Waals surface area contributed by atoms with Crippen molar-refractivity contribution in [3.63, 3.8) is 0 Å². The van der Waals surface area contributed by atoms with Crippen LogP contribution in [0.4, 0.5) is 36.8 Å². The summed E-state index contributed by atoms with van der Waals surface area (Å²) in [5, 5.41) is 5.70. The molecule has 4 nitrogen and oxygen atoms in total. The molecule has 0 aliphatic heterocycles. The van der Waals surface area contributed by atoms with E-state index in [1.165, 1.54) is 18.2 Å². The molecule has 0 saturated heterocycles. The molecule has 1 unspecified atom stereocenters. The minimum absolute atomic E-state index is 0.0319. The number of alkyl halides is 6. The minimum atomic E-state index is -4.72. The highest BCUT2D eigenvalue weighted by atomic mass is 35.5. The fourth-order valence-corrected chi connectivity index (χ4v) is 4.41. The summed E-state index contributed by atoms with van der Waals surface area (Å²) >= 11 is 6.16. The summed E-state index contributed by atoms with van der Waals surface area (Å²) in [6.45, 7) is 1.76. The highest BCUT2D eigenvalue weighted by Crippen LogP contribution is 2.38. The molecule has 0 aliphatic rings. The highest BCUT2D eigenvalue weighted by Gasteiger charge is 2.41. The van der Waals surface area contributed by atoms with Crippen LogP contribution in [0.1, 0.15) is 33.5 Å². The Hall–Kier alpha value is -4.05. The van der Waals surface area contributed by atoms with Gasteiger partial charge in [-0.2, -0.15) is 26.3 Å². The fourth-order valence-electron chi connectivity index (χ4n) is 4.22. The van der Waals surface area contributed by atoms with Gasteiger partial charge in [-0.3, -0.25) is 4.98 Å². The molecule has 1 atom stereocenters. The van der Waals surface area contributed by atoms with Gasteiger partial charge < -0.3 is 10.6 Å². The van der Waals surface area contributed by atoms with Gasteiger partial charge in [0, 0.05) is 23.3 Å². The van der Waals surface area contributed by atoms with Crippen LogP contribution < -0.4 is 10.6 Å². The second kappa shape index (κ2) is 11.2. The predicted octanol–water partition coefficient (Wildman–Crippen LogP) is 8.39. The van der Waals surface area contributed by atoms with E-state index in [0.29, 0.717) is 22.5 Å². The number of benzene rings is 3. The lowest BCUT2D eigenvalue weighted by Gasteiger charge is -2.36. The molecule has 0 spiro atoms. The van der Waals surface area contributed by atoms with Gasteiger partial charge in [0.25, 0.3) is 0 Å². The van der Waals surface area contributed by atoms with E-state index in [-0.39, 0.29) is 17.7 Å². The topological polar surface area (TPSA) is 54.0 Å². The number of nitrogens with zero attached hydrogens (tertiary/aromatic N) is 1. The second-order valence-corrected chi connectivity index (χ2v) is 9.53. The van der Waals surface area contributed by atoms with Crippen molar-refractivity contribution in [2.45, 2.75) is 31.2 Å². The molecule has 0 aliphatic carbocycles. The lowest BCUT2D eigenvalue weighted by atomic mass is 9.79. The summed E-state index contributed by atoms with van der Waals surface area (Å²) in [4.78, 5) is 17.4. The largest absolute Gasteiger partial charge is 0.417 e. The van der Waals surface area contributed by atoms with Crippen LogP contribution in [0, 0.1) is 6.92 Å². The monoisotopic (exact) mass is 577 g/mol. The first-order valence-electron chi connectivity index (χ1n) is 11.9. The number of carbonyl (C=O) groups is 1. The molecule has 4 rings (SSSR count). The number of aryl methyl sites for hydroxylation is 1. The third-order valence-electron chi connectivity index (χ3n) is 6.28. The Morgan fingerprint density at radius 1 is 0.800 bits per heavy atom. The maximum atomic E-state index is 13.7. The molecule has 208 valence electrons. The van der Waals surface area contributed by atoms with Crippen molar-refractivity contribution in [2.75, 3.05) is 5.32 Å². The maximum absolute atomic E-state index is 13.7. The van der Waals surface area contributed by atoms with E-state index in [2.05, 4.69) is 15.6 Å². The van der Waals surface area contributed by atoms with Gasteiger partial charge in [-0.1, -0.05) is 60.1 Å². The summed E-state index contributed by atoms with van der Waals surface area (Å²) in [5.74, 6) is 0. The first kappa shape index (κ1) is 28.9. The summed E-state index contributed by atoms with van der Waals surface area (Å²) < 4.78 is 81.2. The van der Waals surface area contributed by atoms with Crippen molar-refractivity contribution in [1.29, 1.82) is 0 Å². The van der Waals surface area contributed by atoms with Crippen LogP contribution in [0.5, 0.6) is 0 Å². The molecule has 0 radical (unpaired) electrons. The molecule has 4 aromatic rings. The van der Waals surface area contributed by atoms with Crippen molar-refractivity contribution < 1.29 is 31.1 Å². The minimum Gasteiger partial charge on any atom is -0.322 e. The van der Waals surface area contributed by atoms with Crippen LogP contribution in [0.3, 0.4) is 0 Å². The van der Waals surface area contributed by atoms with Crippen molar-refractivity contribution in [1.82, 2.24) is 10.3 Å². The van der Waals surface area contributed by atoms with Gasteiger partial charge >= 0.3 is 18.4 Å². The average Bonchev–Trinajstić information content (AvgIpc) is 2.90. The molecule has 11 heteroatoms. The van der Waals surface area contributed by atoms with Gasteiger partial charge in [-0.25, -0.2) is 4.79 Å². The van der Waals surface area contributed by atoms with E-state index in [1.54, 1.807) is 49.4 Å². The zero-order chi connectivity index (χ0) is 29.1. The standard InChI is InChI=1S/C29H22ClF6N3O/c1-18-10-12-23(15-24(18)30)38-26(40)39-27(16-19-6-3-2-4-7-19,20-8-5-9-21(14-20)28(31,32)33)25-13-11-22(17-37-25)29(34,35)36/h2-15,17H,16H2,1H3,(H2,38,39,40). The van der Waals surface area contributed by atoms with Gasteiger partial charge in [0.05, 0.1) is 16.8 Å². The van der Waals surface area contributed by atoms with Gasteiger partial charge in [-0.15, -0.1) is 0 Å². The van der Waals surface area contributed by atoms with Crippen LogP contribution in [-0.4, -0.2) is 11.0 Å². The Morgan fingerprint density at radius 3 is 2.08 bits per heavy atom. The molecule has 0 fully saturated rings. The van der Waals surface area contributed by atoms with Crippen LogP contribution >= 0.6 is 11.6 Å². The van der Waals surface area contributed by atoms with Gasteiger partial charge in [0.1, 0.15) is 5.54 Å². The number of aromatic nitrogens is 1. The van der Waals surface area contributed by atoms with Crippen molar-refractivity contribution in [2.24, 2.45) is 0 Å². The molecule has 1 heterocycles. The number of pyridine rings is 1. The zero-order valence-electron chi connectivity index (χ0n) is 20.9. The number of rotatable bonds is 6. The molecule has 0 saturated carbocycles. The zero-order valence-corrected chi connectivity index (χ0v) is 21.6. The Morgan fingerprint density at radius 2 is 1.48 bits per heavy atom. The van der Waals surface area contributed by atoms with Crippen LogP contribution in [0.15, 0.2) is 91.1 Å². The average molecular weight is 578 g/mol. The van der Waals surface area contributed by atoms with E-state index >= 15 is 0 Å². The van der Waals surface area contributed by atoms with E-state index in [9.17, 15) is 31.1 Å². The number of hydrogen-bond acceptors (Lipinski definition) is 2. The first-order valence-corrected chi connectivity index (χ1v) is 12.3. The second-order valence-electron chi connectivity index (χ2n) is 9.12. The molecule has 1 aromatic heterocycles. The Bertz CT molecular complexity index is 1490. The normalized spacial score (nSPS) is 13.4. The van der Waals surface area contributed by atoms with Crippen molar-refractivity contribution >= 4 is 23.3 Å². The molecule has 2 amide bonds. The molecule has 0 bridgehead atoms. The van der Waals surface area contributed by atoms with Crippen LogP contribution in [-0.2, 0) is 24.3 Å². The molecule has 3 aromatic carbocycles. The smallest absolute Gasteiger partial charge is 0.322 e. The van der Waals surface area contributed by atoms with Crippen LogP contribution in [0.2, 0.25) is 5.02 Å². The van der Waals surface area contributed by atoms with Crippen molar-refractivity contribution in [3.8, 4) is 0 Å². The highest BCUT2D eigenvalue weighted by molar-refractivity contribution is 6.31. The predicted molar refractivity (Wildman–Crippen MR) is 140 cm³/mol. The summed E-state index contributed by atoms with van der Waals surface area (Å²) in [6, 6.07) is 18.5. The Labute approximate surface area is 231 Å². The number of nitrogens with one attached hydrogen (secondary N) is 2. The number of halogens is 7. The summed E-state index contributed by atoms with van der Waals surface area (Å²) in [7, 11) is 0. The van der Waals surface area contributed by atoms with Gasteiger partial charge in [0.15, 0.2) is 0 Å². The summed E-state index contributed by atoms with van der Waals surface area (Å²) in [6.07, 6.45) is -8.96. The lowest BCUT2D eigenvalue weighted by molar-refractivity contribution is -0.138.